The van der Waals surface area contributed by atoms with Crippen LogP contribution in [0.4, 0.5) is 5.69 Å². The summed E-state index contributed by atoms with van der Waals surface area (Å²) in [5, 5.41) is 7.18. The molecule has 1 heterocycles. The zero-order valence-corrected chi connectivity index (χ0v) is 15.8. The van der Waals surface area contributed by atoms with Gasteiger partial charge in [-0.3, -0.25) is 30.6 Å². The lowest BCUT2D eigenvalue weighted by molar-refractivity contribution is -0.124. The monoisotopic (exact) mass is 410 g/mol. The Morgan fingerprint density at radius 1 is 1.00 bits per heavy atom. The molecule has 0 radical (unpaired) electrons. The van der Waals surface area contributed by atoms with Gasteiger partial charge in [0.25, 0.3) is 5.91 Å². The summed E-state index contributed by atoms with van der Waals surface area (Å²) >= 11 is 12.1. The smallest absolute Gasteiger partial charge is 0.267 e. The third-order valence-electron chi connectivity index (χ3n) is 3.01. The number of benzene rings is 1. The number of anilines is 1. The number of thiocarbonyl (C=S) groups is 1. The van der Waals surface area contributed by atoms with Gasteiger partial charge in [-0.25, -0.2) is 0 Å². The molecular formula is C16H15ClN4O3S2. The Labute approximate surface area is 164 Å². The second-order valence-corrected chi connectivity index (χ2v) is 6.72. The van der Waals surface area contributed by atoms with Gasteiger partial charge in [0.05, 0.1) is 15.6 Å². The maximum Gasteiger partial charge on any atom is 0.267 e. The second kappa shape index (κ2) is 9.85. The molecule has 0 spiro atoms. The maximum atomic E-state index is 11.8. The Bertz CT molecular complexity index is 812. The number of halogens is 1. The number of rotatable bonds is 5. The van der Waals surface area contributed by atoms with Gasteiger partial charge < -0.3 is 5.32 Å². The standard InChI is InChI=1S/C16H15ClN4O3S2/c17-10-4-1-2-5-11(10)18-13(22)7-8-14(23)20-21-16(25)19-15(24)12-6-3-9-26-12/h1-6,9H,7-8H2,(H,18,22)(H,20,23)(H2,19,21,24,25). The van der Waals surface area contributed by atoms with Gasteiger partial charge >= 0.3 is 0 Å². The van der Waals surface area contributed by atoms with E-state index in [9.17, 15) is 14.4 Å². The number of carbonyl (C=O) groups excluding carboxylic acids is 3. The van der Waals surface area contributed by atoms with Crippen LogP contribution in [0, 0.1) is 0 Å². The van der Waals surface area contributed by atoms with Crippen LogP contribution in [0.1, 0.15) is 22.5 Å². The summed E-state index contributed by atoms with van der Waals surface area (Å²) in [7, 11) is 0. The Morgan fingerprint density at radius 2 is 1.73 bits per heavy atom. The number of amides is 3. The van der Waals surface area contributed by atoms with Gasteiger partial charge in [0, 0.05) is 12.8 Å². The zero-order chi connectivity index (χ0) is 18.9. The Hall–Kier alpha value is -2.49. The fraction of sp³-hybridized carbons (Fsp3) is 0.125. The highest BCUT2D eigenvalue weighted by atomic mass is 35.5. The lowest BCUT2D eigenvalue weighted by Gasteiger charge is -2.10. The largest absolute Gasteiger partial charge is 0.325 e. The van der Waals surface area contributed by atoms with Crippen molar-refractivity contribution in [2.45, 2.75) is 12.8 Å². The van der Waals surface area contributed by atoms with Crippen LogP contribution in [0.25, 0.3) is 0 Å². The summed E-state index contributed by atoms with van der Waals surface area (Å²) in [5.74, 6) is -1.17. The molecule has 0 saturated carbocycles. The summed E-state index contributed by atoms with van der Waals surface area (Å²) in [6.07, 6.45) is -0.0994. The molecule has 0 bridgehead atoms. The molecule has 136 valence electrons. The highest BCUT2D eigenvalue weighted by molar-refractivity contribution is 7.80. The molecule has 0 atom stereocenters. The average molecular weight is 411 g/mol. The average Bonchev–Trinajstić information content (AvgIpc) is 3.15. The van der Waals surface area contributed by atoms with Crippen molar-refractivity contribution in [2.24, 2.45) is 0 Å². The Balaban J connectivity index is 1.67. The van der Waals surface area contributed by atoms with Gasteiger partial charge in [0.15, 0.2) is 5.11 Å². The maximum absolute atomic E-state index is 11.8. The van der Waals surface area contributed by atoms with Gasteiger partial charge in [-0.1, -0.05) is 29.8 Å². The normalized spacial score (nSPS) is 9.88. The summed E-state index contributed by atoms with van der Waals surface area (Å²) in [4.78, 5) is 35.8. The molecule has 2 rings (SSSR count). The van der Waals surface area contributed by atoms with Crippen molar-refractivity contribution in [1.82, 2.24) is 16.2 Å². The first kappa shape index (κ1) is 19.8. The molecule has 2 aromatic rings. The van der Waals surface area contributed by atoms with Crippen molar-refractivity contribution in [3.8, 4) is 0 Å². The molecule has 0 unspecified atom stereocenters. The minimum Gasteiger partial charge on any atom is -0.325 e. The predicted molar refractivity (Wildman–Crippen MR) is 105 cm³/mol. The summed E-state index contributed by atoms with van der Waals surface area (Å²) < 4.78 is 0. The van der Waals surface area contributed by atoms with E-state index in [0.29, 0.717) is 15.6 Å². The van der Waals surface area contributed by atoms with E-state index in [0.717, 1.165) is 0 Å². The van der Waals surface area contributed by atoms with Crippen molar-refractivity contribution in [3.05, 3.63) is 51.7 Å². The molecule has 26 heavy (non-hydrogen) atoms. The molecular weight excluding hydrogens is 396 g/mol. The fourth-order valence-corrected chi connectivity index (χ4v) is 2.74. The fourth-order valence-electron chi connectivity index (χ4n) is 1.80. The van der Waals surface area contributed by atoms with Gasteiger partial charge in [-0.2, -0.15) is 0 Å². The molecule has 3 amide bonds. The minimum absolute atomic E-state index is 0.0347. The van der Waals surface area contributed by atoms with Crippen LogP contribution in [0.2, 0.25) is 5.02 Å². The third-order valence-corrected chi connectivity index (χ3v) is 4.42. The predicted octanol–water partition coefficient (Wildman–Crippen LogP) is 2.46. The van der Waals surface area contributed by atoms with Crippen LogP contribution >= 0.6 is 35.2 Å². The SMILES string of the molecule is O=C(CCC(=O)Nc1ccccc1Cl)NNC(=S)NC(=O)c1cccs1. The van der Waals surface area contributed by atoms with Crippen molar-refractivity contribution < 1.29 is 14.4 Å². The number of hydrogen-bond acceptors (Lipinski definition) is 5. The number of hydrazine groups is 1. The van der Waals surface area contributed by atoms with Crippen molar-refractivity contribution in [1.29, 1.82) is 0 Å². The highest BCUT2D eigenvalue weighted by Crippen LogP contribution is 2.20. The van der Waals surface area contributed by atoms with E-state index in [-0.39, 0.29) is 29.8 Å². The van der Waals surface area contributed by atoms with Crippen LogP contribution in [-0.2, 0) is 9.59 Å². The first-order chi connectivity index (χ1) is 12.5. The van der Waals surface area contributed by atoms with Gasteiger partial charge in [0.2, 0.25) is 11.8 Å². The molecule has 0 aliphatic heterocycles. The lowest BCUT2D eigenvalue weighted by atomic mass is 10.2. The van der Waals surface area contributed by atoms with Gasteiger partial charge in [-0.05, 0) is 35.8 Å². The van der Waals surface area contributed by atoms with E-state index in [4.69, 9.17) is 23.8 Å². The van der Waals surface area contributed by atoms with E-state index in [1.807, 2.05) is 0 Å². The van der Waals surface area contributed by atoms with Gasteiger partial charge in [0.1, 0.15) is 0 Å². The molecule has 1 aromatic heterocycles. The molecule has 0 saturated heterocycles. The quantitative estimate of drug-likeness (QED) is 0.448. The number of hydrogen-bond donors (Lipinski definition) is 4. The van der Waals surface area contributed by atoms with E-state index >= 15 is 0 Å². The van der Waals surface area contributed by atoms with E-state index < -0.39 is 5.91 Å². The summed E-state index contributed by atoms with van der Waals surface area (Å²) in [5.41, 5.74) is 5.21. The number of nitrogens with one attached hydrogen (secondary N) is 4. The first-order valence-corrected chi connectivity index (χ1v) is 9.10. The van der Waals surface area contributed by atoms with Crippen molar-refractivity contribution in [2.75, 3.05) is 5.32 Å². The molecule has 1 aromatic carbocycles. The van der Waals surface area contributed by atoms with Gasteiger partial charge in [-0.15, -0.1) is 11.3 Å². The number of para-hydroxylation sites is 1. The van der Waals surface area contributed by atoms with Crippen molar-refractivity contribution >= 4 is 63.7 Å². The minimum atomic E-state index is -0.452. The number of carbonyl (C=O) groups is 3. The third kappa shape index (κ3) is 6.43. The topological polar surface area (TPSA) is 99.3 Å². The molecule has 0 aliphatic rings. The first-order valence-electron chi connectivity index (χ1n) is 7.44. The van der Waals surface area contributed by atoms with Crippen LogP contribution in [-0.4, -0.2) is 22.8 Å². The van der Waals surface area contributed by atoms with Crippen LogP contribution in [0.15, 0.2) is 41.8 Å². The van der Waals surface area contributed by atoms with Crippen LogP contribution < -0.4 is 21.5 Å². The lowest BCUT2D eigenvalue weighted by Crippen LogP contribution is -2.48. The van der Waals surface area contributed by atoms with Crippen molar-refractivity contribution in [3.63, 3.8) is 0 Å². The summed E-state index contributed by atoms with van der Waals surface area (Å²) in [6, 6.07) is 10.2. The molecule has 7 nitrogen and oxygen atoms in total. The second-order valence-electron chi connectivity index (χ2n) is 4.96. The van der Waals surface area contributed by atoms with E-state index in [2.05, 4.69) is 21.5 Å². The van der Waals surface area contributed by atoms with Crippen LogP contribution in [0.5, 0.6) is 0 Å². The van der Waals surface area contributed by atoms with Crippen LogP contribution in [0.3, 0.4) is 0 Å². The Kier molecular flexibility index (Phi) is 7.52. The van der Waals surface area contributed by atoms with E-state index in [1.54, 1.807) is 41.8 Å². The molecule has 4 N–H and O–H groups in total. The number of thiophene rings is 1. The highest BCUT2D eigenvalue weighted by Gasteiger charge is 2.11. The molecule has 0 aliphatic carbocycles. The Morgan fingerprint density at radius 3 is 2.42 bits per heavy atom. The zero-order valence-electron chi connectivity index (χ0n) is 13.4. The molecule has 0 fully saturated rings. The van der Waals surface area contributed by atoms with E-state index in [1.165, 1.54) is 11.3 Å². The summed E-state index contributed by atoms with van der Waals surface area (Å²) in [6.45, 7) is 0. The molecule has 10 heteroatoms.